The largest absolute Gasteiger partial charge is 0.368 e. The van der Waals surface area contributed by atoms with Gasteiger partial charge >= 0.3 is 0 Å². The lowest BCUT2D eigenvalue weighted by atomic mass is 10.0. The minimum atomic E-state index is 0.196. The quantitative estimate of drug-likeness (QED) is 0.853. The molecular weight excluding hydrogens is 262 g/mol. The van der Waals surface area contributed by atoms with Crippen LogP contribution in [0.3, 0.4) is 0 Å². The molecule has 0 aliphatic rings. The standard InChI is InChI=1S/C16H23N5/c1-12-11-18-16(17)20-15(12)19-14(9-10-21(2)3)13-7-5-4-6-8-13/h4-8,11,14H,9-10H2,1-3H3,(H3,17,18,19,20)/t14-/m0/s1. The van der Waals surface area contributed by atoms with Gasteiger partial charge in [0, 0.05) is 11.8 Å². The maximum absolute atomic E-state index is 5.69. The van der Waals surface area contributed by atoms with Crippen LogP contribution in [-0.4, -0.2) is 35.5 Å². The van der Waals surface area contributed by atoms with Crippen LogP contribution in [0.2, 0.25) is 0 Å². The van der Waals surface area contributed by atoms with E-state index in [-0.39, 0.29) is 6.04 Å². The van der Waals surface area contributed by atoms with Gasteiger partial charge in [-0.2, -0.15) is 4.98 Å². The Balaban J connectivity index is 2.21. The maximum Gasteiger partial charge on any atom is 0.221 e. The number of aryl methyl sites for hydroxylation is 1. The fourth-order valence-electron chi connectivity index (χ4n) is 2.16. The second kappa shape index (κ2) is 7.04. The lowest BCUT2D eigenvalue weighted by Gasteiger charge is -2.22. The van der Waals surface area contributed by atoms with Gasteiger partial charge in [0.15, 0.2) is 0 Å². The van der Waals surface area contributed by atoms with Crippen LogP contribution in [-0.2, 0) is 0 Å². The van der Waals surface area contributed by atoms with Crippen molar-refractivity contribution in [1.82, 2.24) is 14.9 Å². The summed E-state index contributed by atoms with van der Waals surface area (Å²) in [7, 11) is 4.16. The number of nitrogens with two attached hydrogens (primary N) is 1. The van der Waals surface area contributed by atoms with Crippen LogP contribution in [0.25, 0.3) is 0 Å². The number of anilines is 2. The number of benzene rings is 1. The van der Waals surface area contributed by atoms with Gasteiger partial charge < -0.3 is 16.0 Å². The molecule has 112 valence electrons. The highest BCUT2D eigenvalue weighted by atomic mass is 15.1. The fraction of sp³-hybridized carbons (Fsp3) is 0.375. The maximum atomic E-state index is 5.69. The highest BCUT2D eigenvalue weighted by Gasteiger charge is 2.14. The predicted octanol–water partition coefficient (Wildman–Crippen LogP) is 2.47. The number of nitrogen functional groups attached to an aromatic ring is 1. The van der Waals surface area contributed by atoms with Crippen molar-refractivity contribution in [3.63, 3.8) is 0 Å². The zero-order valence-electron chi connectivity index (χ0n) is 12.9. The van der Waals surface area contributed by atoms with Crippen LogP contribution in [0.5, 0.6) is 0 Å². The topological polar surface area (TPSA) is 67.1 Å². The van der Waals surface area contributed by atoms with Crippen LogP contribution in [0.15, 0.2) is 36.5 Å². The number of hydrogen-bond acceptors (Lipinski definition) is 5. The summed E-state index contributed by atoms with van der Waals surface area (Å²) in [6.45, 7) is 2.97. The molecule has 0 saturated carbocycles. The average Bonchev–Trinajstić information content (AvgIpc) is 2.47. The van der Waals surface area contributed by atoms with Crippen molar-refractivity contribution in [2.24, 2.45) is 0 Å². The second-order valence-electron chi connectivity index (χ2n) is 5.46. The summed E-state index contributed by atoms with van der Waals surface area (Å²) in [5.74, 6) is 1.10. The molecule has 5 heteroatoms. The Morgan fingerprint density at radius 1 is 1.24 bits per heavy atom. The predicted molar refractivity (Wildman–Crippen MR) is 87.2 cm³/mol. The normalized spacial score (nSPS) is 12.4. The number of nitrogens with zero attached hydrogens (tertiary/aromatic N) is 3. The third-order valence-corrected chi connectivity index (χ3v) is 3.37. The van der Waals surface area contributed by atoms with E-state index in [0.717, 1.165) is 24.3 Å². The molecule has 2 rings (SSSR count). The molecule has 0 fully saturated rings. The molecule has 0 saturated heterocycles. The van der Waals surface area contributed by atoms with E-state index in [4.69, 9.17) is 5.73 Å². The van der Waals surface area contributed by atoms with Crippen molar-refractivity contribution in [3.8, 4) is 0 Å². The molecule has 0 aliphatic carbocycles. The summed E-state index contributed by atoms with van der Waals surface area (Å²) in [5, 5.41) is 3.50. The smallest absolute Gasteiger partial charge is 0.221 e. The molecule has 0 unspecified atom stereocenters. The Labute approximate surface area is 126 Å². The average molecular weight is 285 g/mol. The first-order valence-electron chi connectivity index (χ1n) is 7.11. The van der Waals surface area contributed by atoms with E-state index in [0.29, 0.717) is 5.95 Å². The Hall–Kier alpha value is -2.14. The van der Waals surface area contributed by atoms with Gasteiger partial charge in [-0.25, -0.2) is 4.98 Å². The molecule has 5 nitrogen and oxygen atoms in total. The molecule has 1 heterocycles. The molecular formula is C16H23N5. The van der Waals surface area contributed by atoms with E-state index in [2.05, 4.69) is 58.5 Å². The Kier molecular flexibility index (Phi) is 5.11. The monoisotopic (exact) mass is 285 g/mol. The van der Waals surface area contributed by atoms with Gasteiger partial charge in [-0.05, 0) is 39.5 Å². The van der Waals surface area contributed by atoms with E-state index in [9.17, 15) is 0 Å². The number of aromatic nitrogens is 2. The van der Waals surface area contributed by atoms with Crippen LogP contribution < -0.4 is 11.1 Å². The lowest BCUT2D eigenvalue weighted by Crippen LogP contribution is -2.21. The minimum absolute atomic E-state index is 0.196. The van der Waals surface area contributed by atoms with E-state index in [1.54, 1.807) is 6.20 Å². The molecule has 1 atom stereocenters. The Bertz CT molecular complexity index is 568. The molecule has 0 bridgehead atoms. The summed E-state index contributed by atoms with van der Waals surface area (Å²) >= 11 is 0. The van der Waals surface area contributed by atoms with Crippen molar-refractivity contribution in [2.75, 3.05) is 31.7 Å². The van der Waals surface area contributed by atoms with Gasteiger partial charge in [-0.3, -0.25) is 0 Å². The molecule has 0 radical (unpaired) electrons. The van der Waals surface area contributed by atoms with Crippen molar-refractivity contribution < 1.29 is 0 Å². The van der Waals surface area contributed by atoms with Crippen molar-refractivity contribution in [1.29, 1.82) is 0 Å². The second-order valence-corrected chi connectivity index (χ2v) is 5.46. The summed E-state index contributed by atoms with van der Waals surface area (Å²) in [4.78, 5) is 10.5. The van der Waals surface area contributed by atoms with Gasteiger partial charge in [0.2, 0.25) is 5.95 Å². The van der Waals surface area contributed by atoms with Crippen molar-refractivity contribution in [2.45, 2.75) is 19.4 Å². The zero-order valence-corrected chi connectivity index (χ0v) is 12.9. The molecule has 0 spiro atoms. The van der Waals surface area contributed by atoms with Gasteiger partial charge in [0.1, 0.15) is 5.82 Å². The molecule has 2 aromatic rings. The molecule has 0 amide bonds. The molecule has 1 aromatic heterocycles. The molecule has 3 N–H and O–H groups in total. The molecule has 21 heavy (non-hydrogen) atoms. The Morgan fingerprint density at radius 2 is 1.95 bits per heavy atom. The van der Waals surface area contributed by atoms with Crippen molar-refractivity contribution in [3.05, 3.63) is 47.7 Å². The number of hydrogen-bond donors (Lipinski definition) is 2. The highest BCUT2D eigenvalue weighted by Crippen LogP contribution is 2.23. The number of nitrogens with one attached hydrogen (secondary N) is 1. The van der Waals surface area contributed by atoms with Gasteiger partial charge in [0.05, 0.1) is 6.04 Å². The zero-order chi connectivity index (χ0) is 15.2. The first kappa shape index (κ1) is 15.3. The van der Waals surface area contributed by atoms with Crippen LogP contribution in [0.1, 0.15) is 23.6 Å². The fourth-order valence-corrected chi connectivity index (χ4v) is 2.16. The third kappa shape index (κ3) is 4.43. The molecule has 0 aliphatic heterocycles. The number of rotatable bonds is 6. The minimum Gasteiger partial charge on any atom is -0.368 e. The summed E-state index contributed by atoms with van der Waals surface area (Å²) in [5.41, 5.74) is 7.94. The van der Waals surface area contributed by atoms with Crippen LogP contribution in [0, 0.1) is 6.92 Å². The first-order valence-corrected chi connectivity index (χ1v) is 7.11. The van der Waals surface area contributed by atoms with E-state index < -0.39 is 0 Å². The van der Waals surface area contributed by atoms with Crippen LogP contribution >= 0.6 is 0 Å². The van der Waals surface area contributed by atoms with Gasteiger partial charge in [-0.15, -0.1) is 0 Å². The lowest BCUT2D eigenvalue weighted by molar-refractivity contribution is 0.387. The van der Waals surface area contributed by atoms with E-state index in [1.165, 1.54) is 5.56 Å². The Morgan fingerprint density at radius 3 is 2.62 bits per heavy atom. The summed E-state index contributed by atoms with van der Waals surface area (Å²) in [6.07, 6.45) is 2.74. The third-order valence-electron chi connectivity index (χ3n) is 3.37. The van der Waals surface area contributed by atoms with Gasteiger partial charge in [-0.1, -0.05) is 30.3 Å². The summed E-state index contributed by atoms with van der Waals surface area (Å²) < 4.78 is 0. The van der Waals surface area contributed by atoms with Crippen LogP contribution in [0.4, 0.5) is 11.8 Å². The van der Waals surface area contributed by atoms with Crippen molar-refractivity contribution >= 4 is 11.8 Å². The van der Waals surface area contributed by atoms with E-state index >= 15 is 0 Å². The highest BCUT2D eigenvalue weighted by molar-refractivity contribution is 5.47. The molecule has 1 aromatic carbocycles. The first-order chi connectivity index (χ1) is 10.1. The summed E-state index contributed by atoms with van der Waals surface area (Å²) in [6, 6.07) is 10.6. The van der Waals surface area contributed by atoms with Gasteiger partial charge in [0.25, 0.3) is 0 Å². The van der Waals surface area contributed by atoms with E-state index in [1.807, 2.05) is 13.0 Å². The SMILES string of the molecule is Cc1cnc(N)nc1N[C@@H](CCN(C)C)c1ccccc1.